The van der Waals surface area contributed by atoms with Crippen LogP contribution in [0.4, 0.5) is 10.1 Å². The Kier molecular flexibility index (Phi) is 6.23. The van der Waals surface area contributed by atoms with Crippen molar-refractivity contribution in [3.05, 3.63) is 64.1 Å². The molecule has 2 bridgehead atoms. The third-order valence-electron chi connectivity index (χ3n) is 8.21. The van der Waals surface area contributed by atoms with E-state index in [-0.39, 0.29) is 22.9 Å². The van der Waals surface area contributed by atoms with Crippen molar-refractivity contribution in [1.29, 1.82) is 0 Å². The minimum Gasteiger partial charge on any atom is -0.481 e. The first-order chi connectivity index (χ1) is 17.9. The van der Waals surface area contributed by atoms with Crippen molar-refractivity contribution >= 4 is 40.3 Å². The molecule has 5 heterocycles. The number of hydrogen-bond donors (Lipinski definition) is 2. The van der Waals surface area contributed by atoms with Gasteiger partial charge in [0.15, 0.2) is 0 Å². The van der Waals surface area contributed by atoms with Crippen LogP contribution in [0.15, 0.2) is 42.1 Å². The van der Waals surface area contributed by atoms with Gasteiger partial charge in [-0.15, -0.1) is 0 Å². The number of primary amides is 1. The summed E-state index contributed by atoms with van der Waals surface area (Å²) in [6, 6.07) is 9.13. The number of halogens is 2. The van der Waals surface area contributed by atoms with Gasteiger partial charge in [-0.1, -0.05) is 17.7 Å². The maximum atomic E-state index is 14.8. The van der Waals surface area contributed by atoms with E-state index in [2.05, 4.69) is 15.3 Å². The lowest BCUT2D eigenvalue weighted by atomic mass is 9.69. The number of carbonyl (C=O) groups is 1. The molecule has 1 aliphatic carbocycles. The first-order valence-corrected chi connectivity index (χ1v) is 13.0. The van der Waals surface area contributed by atoms with Crippen LogP contribution in [0.2, 0.25) is 5.02 Å². The number of aryl methyl sites for hydroxylation is 1. The molecule has 3 aliphatic heterocycles. The van der Waals surface area contributed by atoms with E-state index in [1.54, 1.807) is 24.6 Å². The average Bonchev–Trinajstić information content (AvgIpc) is 2.92. The van der Waals surface area contributed by atoms with Crippen LogP contribution in [0.3, 0.4) is 0 Å². The predicted molar refractivity (Wildman–Crippen MR) is 138 cm³/mol. The Morgan fingerprint density at radius 1 is 1.22 bits per heavy atom. The van der Waals surface area contributed by atoms with Crippen LogP contribution in [0.25, 0.3) is 17.1 Å². The summed E-state index contributed by atoms with van der Waals surface area (Å²) >= 11 is 6.36. The standard InChI is InChI=1S/C28H28ClFN4O3/c1-36-24-6-5-23-25(34-24)18(21(30)15-31-23)7-8-28-11-9-27(10-12-28,16-37-28)32-14-17-13-19-20(29)3-2-4-22(19)33-26(17)35/h2-6,13,15,32H,7-12,14,16H2,1H3,(H,33,35)/p+1. The van der Waals surface area contributed by atoms with Gasteiger partial charge in [0.05, 0.1) is 52.7 Å². The lowest BCUT2D eigenvalue weighted by molar-refractivity contribution is -0.480. The van der Waals surface area contributed by atoms with Gasteiger partial charge >= 0.3 is 5.91 Å². The highest BCUT2D eigenvalue weighted by Crippen LogP contribution is 2.46. The molecular weight excluding hydrogens is 495 g/mol. The Hall–Kier alpha value is -2.91. The van der Waals surface area contributed by atoms with E-state index < -0.39 is 0 Å². The van der Waals surface area contributed by atoms with Crippen LogP contribution >= 0.6 is 11.6 Å². The second-order valence-corrected chi connectivity index (χ2v) is 10.7. The SMILES string of the molecule is COc1ccc2ncc(F)c(CCC34CCC(NCC5=Cc6c(Cl)cccc6[NH2+]C5=O)(CC3)CO4)c2n1. The maximum Gasteiger partial charge on any atom is 0.344 e. The molecule has 7 rings (SSSR count). The van der Waals surface area contributed by atoms with Gasteiger partial charge in [0.25, 0.3) is 0 Å². The molecule has 3 N–H and O–H groups in total. The Morgan fingerprint density at radius 2 is 2.05 bits per heavy atom. The van der Waals surface area contributed by atoms with E-state index in [9.17, 15) is 9.18 Å². The third kappa shape index (κ3) is 4.52. The van der Waals surface area contributed by atoms with Gasteiger partial charge in [-0.3, -0.25) is 4.98 Å². The fraction of sp³-hybridized carbons (Fsp3) is 0.393. The number of methoxy groups -OCH3 is 1. The number of nitrogens with two attached hydrogens (primary N) is 1. The minimum atomic E-state index is -0.351. The molecule has 3 aromatic rings. The summed E-state index contributed by atoms with van der Waals surface area (Å²) in [6.45, 7) is 1.04. The summed E-state index contributed by atoms with van der Waals surface area (Å²) in [6.07, 6.45) is 8.06. The van der Waals surface area contributed by atoms with Gasteiger partial charge < -0.3 is 14.8 Å². The molecule has 3 fully saturated rings. The second kappa shape index (κ2) is 9.44. The van der Waals surface area contributed by atoms with Gasteiger partial charge in [-0.2, -0.15) is 0 Å². The summed E-state index contributed by atoms with van der Waals surface area (Å²) in [5, 5.41) is 5.94. The number of fused-ring (bicyclic) bond motifs is 5. The molecule has 1 aromatic carbocycles. The normalized spacial score (nSPS) is 24.7. The molecule has 0 spiro atoms. The van der Waals surface area contributed by atoms with Gasteiger partial charge in [-0.05, 0) is 56.7 Å². The number of benzene rings is 1. The molecule has 1 saturated carbocycles. The fourth-order valence-corrected chi connectivity index (χ4v) is 6.06. The number of amides is 1. The molecule has 9 heteroatoms. The molecule has 37 heavy (non-hydrogen) atoms. The van der Waals surface area contributed by atoms with E-state index in [0.717, 1.165) is 36.9 Å². The number of nitrogens with one attached hydrogen (secondary N) is 1. The summed E-state index contributed by atoms with van der Waals surface area (Å²) in [7, 11) is 1.55. The molecule has 0 atom stereocenters. The molecule has 2 aromatic heterocycles. The topological polar surface area (TPSA) is 90.0 Å². The number of aromatic nitrogens is 2. The molecule has 192 valence electrons. The molecular formula is C28H29ClFN4O3+. The summed E-state index contributed by atoms with van der Waals surface area (Å²) in [5.74, 6) is 0.102. The minimum absolute atomic E-state index is 0.0115. The highest BCUT2D eigenvalue weighted by atomic mass is 35.5. The molecule has 1 amide bonds. The van der Waals surface area contributed by atoms with Crippen LogP contribution in [0.1, 0.15) is 43.2 Å². The van der Waals surface area contributed by atoms with Gasteiger partial charge in [-0.25, -0.2) is 19.5 Å². The maximum absolute atomic E-state index is 14.8. The van der Waals surface area contributed by atoms with Crippen LogP contribution in [-0.4, -0.2) is 47.3 Å². The summed E-state index contributed by atoms with van der Waals surface area (Å²) in [5.41, 5.74) is 3.78. The zero-order valence-electron chi connectivity index (χ0n) is 20.7. The highest BCUT2D eigenvalue weighted by Gasteiger charge is 2.49. The zero-order valence-corrected chi connectivity index (χ0v) is 21.4. The van der Waals surface area contributed by atoms with E-state index in [4.69, 9.17) is 21.1 Å². The van der Waals surface area contributed by atoms with Crippen molar-refractivity contribution in [2.24, 2.45) is 0 Å². The van der Waals surface area contributed by atoms with Crippen molar-refractivity contribution in [2.75, 3.05) is 20.3 Å². The molecule has 2 saturated heterocycles. The molecule has 0 radical (unpaired) electrons. The van der Waals surface area contributed by atoms with Gasteiger partial charge in [0, 0.05) is 29.8 Å². The summed E-state index contributed by atoms with van der Waals surface area (Å²) in [4.78, 5) is 21.3. The van der Waals surface area contributed by atoms with Gasteiger partial charge in [0.2, 0.25) is 5.88 Å². The number of nitrogens with zero attached hydrogens (tertiary/aromatic N) is 2. The number of carbonyl (C=O) groups excluding carboxylic acids is 1. The van der Waals surface area contributed by atoms with E-state index in [1.165, 1.54) is 6.20 Å². The number of ether oxygens (including phenoxy) is 2. The number of rotatable bonds is 7. The van der Waals surface area contributed by atoms with Gasteiger partial charge in [0.1, 0.15) is 11.5 Å². The quantitative estimate of drug-likeness (QED) is 0.457. The van der Waals surface area contributed by atoms with Crippen molar-refractivity contribution in [1.82, 2.24) is 15.3 Å². The molecule has 4 aliphatic rings. The van der Waals surface area contributed by atoms with Crippen molar-refractivity contribution < 1.29 is 24.0 Å². The second-order valence-electron chi connectivity index (χ2n) is 10.3. The Morgan fingerprint density at radius 3 is 2.81 bits per heavy atom. The first kappa shape index (κ1) is 24.4. The Balaban J connectivity index is 1.12. The number of hydrogen-bond acceptors (Lipinski definition) is 6. The smallest absolute Gasteiger partial charge is 0.344 e. The van der Waals surface area contributed by atoms with Crippen molar-refractivity contribution in [2.45, 2.75) is 49.7 Å². The van der Waals surface area contributed by atoms with Crippen LogP contribution < -0.4 is 15.4 Å². The van der Waals surface area contributed by atoms with Crippen molar-refractivity contribution in [3.8, 4) is 5.88 Å². The highest BCUT2D eigenvalue weighted by molar-refractivity contribution is 6.32. The van der Waals surface area contributed by atoms with E-state index >= 15 is 0 Å². The van der Waals surface area contributed by atoms with E-state index in [0.29, 0.717) is 59.1 Å². The van der Waals surface area contributed by atoms with E-state index in [1.807, 2.05) is 24.3 Å². The predicted octanol–water partition coefficient (Wildman–Crippen LogP) is 3.85. The first-order valence-electron chi connectivity index (χ1n) is 12.6. The molecule has 7 nitrogen and oxygen atoms in total. The summed E-state index contributed by atoms with van der Waals surface area (Å²) < 4.78 is 26.5. The zero-order chi connectivity index (χ0) is 25.6. The Labute approximate surface area is 219 Å². The largest absolute Gasteiger partial charge is 0.481 e. The van der Waals surface area contributed by atoms with Crippen LogP contribution in [0, 0.1) is 5.82 Å². The Bertz CT molecular complexity index is 1400. The van der Waals surface area contributed by atoms with Crippen LogP contribution in [-0.2, 0) is 16.0 Å². The monoisotopic (exact) mass is 523 g/mol. The third-order valence-corrected chi connectivity index (χ3v) is 8.54. The lowest BCUT2D eigenvalue weighted by Crippen LogP contribution is -2.84. The van der Waals surface area contributed by atoms with Crippen molar-refractivity contribution in [3.63, 3.8) is 0 Å². The fourth-order valence-electron chi connectivity index (χ4n) is 5.83. The lowest BCUT2D eigenvalue weighted by Gasteiger charge is -2.53. The van der Waals surface area contributed by atoms with Crippen LogP contribution in [0.5, 0.6) is 5.88 Å². The number of quaternary nitrogens is 1. The number of pyridine rings is 2. The molecule has 0 unspecified atom stereocenters. The average molecular weight is 524 g/mol.